The summed E-state index contributed by atoms with van der Waals surface area (Å²) in [6.45, 7) is 6.48. The highest BCUT2D eigenvalue weighted by Gasteiger charge is 2.27. The standard InChI is InChI=1S/C10H20F3NO/c1-4-9(2,3)7-14-5-6-15-8-10(11,12)13/h14H,4-8H2,1-3H3. The topological polar surface area (TPSA) is 21.3 Å². The molecular weight excluding hydrogens is 207 g/mol. The van der Waals surface area contributed by atoms with Crippen LogP contribution in [0.3, 0.4) is 0 Å². The van der Waals surface area contributed by atoms with E-state index in [1.807, 2.05) is 0 Å². The zero-order valence-electron chi connectivity index (χ0n) is 9.58. The number of halogens is 3. The van der Waals surface area contributed by atoms with Gasteiger partial charge in [0.15, 0.2) is 0 Å². The van der Waals surface area contributed by atoms with E-state index in [1.54, 1.807) is 0 Å². The second-order valence-electron chi connectivity index (χ2n) is 4.36. The first kappa shape index (κ1) is 14.7. The van der Waals surface area contributed by atoms with Crippen LogP contribution in [-0.4, -0.2) is 32.5 Å². The summed E-state index contributed by atoms with van der Waals surface area (Å²) in [4.78, 5) is 0. The van der Waals surface area contributed by atoms with Gasteiger partial charge in [0.25, 0.3) is 0 Å². The molecule has 0 aromatic heterocycles. The van der Waals surface area contributed by atoms with Crippen LogP contribution in [0.2, 0.25) is 0 Å². The van der Waals surface area contributed by atoms with Gasteiger partial charge in [-0.15, -0.1) is 0 Å². The molecule has 0 spiro atoms. The summed E-state index contributed by atoms with van der Waals surface area (Å²) in [5, 5.41) is 3.07. The van der Waals surface area contributed by atoms with Crippen LogP contribution in [0.4, 0.5) is 13.2 Å². The lowest BCUT2D eigenvalue weighted by molar-refractivity contribution is -0.173. The molecule has 0 fully saturated rings. The monoisotopic (exact) mass is 227 g/mol. The van der Waals surface area contributed by atoms with E-state index >= 15 is 0 Å². The first-order chi connectivity index (χ1) is 6.77. The number of hydrogen-bond donors (Lipinski definition) is 1. The molecule has 0 radical (unpaired) electrons. The van der Waals surface area contributed by atoms with Gasteiger partial charge in [-0.05, 0) is 11.8 Å². The number of ether oxygens (including phenoxy) is 1. The SMILES string of the molecule is CCC(C)(C)CNCCOCC(F)(F)F. The third kappa shape index (κ3) is 10.0. The van der Waals surface area contributed by atoms with Crippen LogP contribution >= 0.6 is 0 Å². The maximum atomic E-state index is 11.7. The number of rotatable bonds is 7. The molecule has 0 aromatic carbocycles. The summed E-state index contributed by atoms with van der Waals surface area (Å²) >= 11 is 0. The Labute approximate surface area is 89.2 Å². The zero-order valence-corrected chi connectivity index (χ0v) is 9.58. The van der Waals surface area contributed by atoms with E-state index in [0.29, 0.717) is 6.54 Å². The van der Waals surface area contributed by atoms with Gasteiger partial charge in [-0.1, -0.05) is 20.8 Å². The Kier molecular flexibility index (Phi) is 6.20. The molecule has 0 aliphatic rings. The van der Waals surface area contributed by atoms with Crippen LogP contribution < -0.4 is 5.32 Å². The Bertz CT molecular complexity index is 169. The van der Waals surface area contributed by atoms with Crippen molar-refractivity contribution in [3.63, 3.8) is 0 Å². The predicted molar refractivity (Wildman–Crippen MR) is 53.8 cm³/mol. The van der Waals surface area contributed by atoms with Gasteiger partial charge in [0.1, 0.15) is 6.61 Å². The van der Waals surface area contributed by atoms with Crippen molar-refractivity contribution >= 4 is 0 Å². The molecule has 2 nitrogen and oxygen atoms in total. The Morgan fingerprint density at radius 1 is 1.20 bits per heavy atom. The van der Waals surface area contributed by atoms with Crippen molar-refractivity contribution in [2.75, 3.05) is 26.3 Å². The minimum Gasteiger partial charge on any atom is -0.371 e. The van der Waals surface area contributed by atoms with Gasteiger partial charge in [0, 0.05) is 13.1 Å². The van der Waals surface area contributed by atoms with E-state index in [9.17, 15) is 13.2 Å². The molecule has 5 heteroatoms. The first-order valence-electron chi connectivity index (χ1n) is 5.12. The molecule has 0 atom stereocenters. The fourth-order valence-corrected chi connectivity index (χ4v) is 0.884. The van der Waals surface area contributed by atoms with E-state index in [-0.39, 0.29) is 12.0 Å². The Morgan fingerprint density at radius 3 is 2.27 bits per heavy atom. The maximum Gasteiger partial charge on any atom is 0.411 e. The maximum absolute atomic E-state index is 11.7. The van der Waals surface area contributed by atoms with Gasteiger partial charge in [0.05, 0.1) is 6.61 Å². The molecule has 0 rings (SSSR count). The average molecular weight is 227 g/mol. The zero-order chi connectivity index (χ0) is 11.9. The molecule has 0 unspecified atom stereocenters. The number of alkyl halides is 3. The number of nitrogens with one attached hydrogen (secondary N) is 1. The lowest BCUT2D eigenvalue weighted by atomic mass is 9.90. The van der Waals surface area contributed by atoms with E-state index in [1.165, 1.54) is 0 Å². The van der Waals surface area contributed by atoms with Crippen molar-refractivity contribution in [2.24, 2.45) is 5.41 Å². The third-order valence-electron chi connectivity index (χ3n) is 2.25. The Hall–Kier alpha value is -0.290. The smallest absolute Gasteiger partial charge is 0.371 e. The van der Waals surface area contributed by atoms with Crippen LogP contribution in [-0.2, 0) is 4.74 Å². The van der Waals surface area contributed by atoms with Gasteiger partial charge in [-0.3, -0.25) is 0 Å². The molecule has 92 valence electrons. The molecule has 0 aromatic rings. The summed E-state index contributed by atoms with van der Waals surface area (Å²) in [6.07, 6.45) is -3.19. The predicted octanol–water partition coefficient (Wildman–Crippen LogP) is 2.59. The van der Waals surface area contributed by atoms with Gasteiger partial charge in [-0.2, -0.15) is 13.2 Å². The molecular formula is C10H20F3NO. The van der Waals surface area contributed by atoms with Crippen molar-refractivity contribution in [2.45, 2.75) is 33.4 Å². The van der Waals surface area contributed by atoms with Crippen LogP contribution in [0.25, 0.3) is 0 Å². The summed E-state index contributed by atoms with van der Waals surface area (Å²) < 4.78 is 39.4. The van der Waals surface area contributed by atoms with Crippen molar-refractivity contribution < 1.29 is 17.9 Å². The lowest BCUT2D eigenvalue weighted by Crippen LogP contribution is -2.32. The molecule has 0 saturated heterocycles. The highest BCUT2D eigenvalue weighted by atomic mass is 19.4. The van der Waals surface area contributed by atoms with Gasteiger partial charge in [0.2, 0.25) is 0 Å². The second kappa shape index (κ2) is 6.33. The minimum absolute atomic E-state index is 0.0965. The highest BCUT2D eigenvalue weighted by Crippen LogP contribution is 2.17. The summed E-state index contributed by atoms with van der Waals surface area (Å²) in [5.41, 5.74) is 0.185. The van der Waals surface area contributed by atoms with Crippen molar-refractivity contribution in [3.05, 3.63) is 0 Å². The normalized spacial score (nSPS) is 13.2. The van der Waals surface area contributed by atoms with Gasteiger partial charge in [-0.25, -0.2) is 0 Å². The third-order valence-corrected chi connectivity index (χ3v) is 2.25. The first-order valence-corrected chi connectivity index (χ1v) is 5.12. The van der Waals surface area contributed by atoms with Crippen molar-refractivity contribution in [3.8, 4) is 0 Å². The van der Waals surface area contributed by atoms with Crippen LogP contribution in [0.5, 0.6) is 0 Å². The van der Waals surface area contributed by atoms with E-state index in [4.69, 9.17) is 0 Å². The molecule has 15 heavy (non-hydrogen) atoms. The summed E-state index contributed by atoms with van der Waals surface area (Å²) in [7, 11) is 0. The van der Waals surface area contributed by atoms with Gasteiger partial charge >= 0.3 is 6.18 Å². The lowest BCUT2D eigenvalue weighted by Gasteiger charge is -2.22. The molecule has 0 bridgehead atoms. The van der Waals surface area contributed by atoms with E-state index in [0.717, 1.165) is 13.0 Å². The van der Waals surface area contributed by atoms with E-state index < -0.39 is 12.8 Å². The minimum atomic E-state index is -4.22. The molecule has 0 aliphatic heterocycles. The molecule has 1 N–H and O–H groups in total. The van der Waals surface area contributed by atoms with Gasteiger partial charge < -0.3 is 10.1 Å². The average Bonchev–Trinajstić information content (AvgIpc) is 2.09. The molecule has 0 amide bonds. The van der Waals surface area contributed by atoms with Crippen molar-refractivity contribution in [1.29, 1.82) is 0 Å². The fraction of sp³-hybridized carbons (Fsp3) is 1.00. The van der Waals surface area contributed by atoms with E-state index in [2.05, 4.69) is 30.8 Å². The highest BCUT2D eigenvalue weighted by molar-refractivity contribution is 4.68. The molecule has 0 heterocycles. The molecule has 0 saturated carbocycles. The summed E-state index contributed by atoms with van der Waals surface area (Å²) in [6, 6.07) is 0. The summed E-state index contributed by atoms with van der Waals surface area (Å²) in [5.74, 6) is 0. The largest absolute Gasteiger partial charge is 0.411 e. The van der Waals surface area contributed by atoms with Crippen LogP contribution in [0.15, 0.2) is 0 Å². The number of hydrogen-bond acceptors (Lipinski definition) is 2. The Morgan fingerprint density at radius 2 is 1.80 bits per heavy atom. The fourth-order valence-electron chi connectivity index (χ4n) is 0.884. The molecule has 0 aliphatic carbocycles. The van der Waals surface area contributed by atoms with Crippen molar-refractivity contribution in [1.82, 2.24) is 5.32 Å². The van der Waals surface area contributed by atoms with Crippen LogP contribution in [0.1, 0.15) is 27.2 Å². The quantitative estimate of drug-likeness (QED) is 0.675. The second-order valence-corrected chi connectivity index (χ2v) is 4.36. The Balaban J connectivity index is 3.33. The van der Waals surface area contributed by atoms with Crippen LogP contribution in [0, 0.1) is 5.41 Å².